The molecule has 0 aromatic heterocycles. The molecule has 4 N–H and O–H groups in total. The van der Waals surface area contributed by atoms with Crippen molar-refractivity contribution in [2.75, 3.05) is 65.4 Å². The molecular formula is C20H38N6S2. The second-order valence-electron chi connectivity index (χ2n) is 7.52. The van der Waals surface area contributed by atoms with Gasteiger partial charge in [0.1, 0.15) is 0 Å². The molecule has 0 atom stereocenters. The van der Waals surface area contributed by atoms with Crippen molar-refractivity contribution in [1.29, 1.82) is 0 Å². The highest BCUT2D eigenvalue weighted by Crippen LogP contribution is 2.03. The summed E-state index contributed by atoms with van der Waals surface area (Å²) < 4.78 is 0. The van der Waals surface area contributed by atoms with Gasteiger partial charge in [0.2, 0.25) is 0 Å². The van der Waals surface area contributed by atoms with E-state index < -0.39 is 0 Å². The van der Waals surface area contributed by atoms with Gasteiger partial charge in [-0.05, 0) is 64.2 Å². The van der Waals surface area contributed by atoms with Crippen LogP contribution in [0, 0.1) is 0 Å². The van der Waals surface area contributed by atoms with Crippen LogP contribution in [0.2, 0.25) is 0 Å². The highest BCUT2D eigenvalue weighted by molar-refractivity contribution is 7.80. The molecule has 0 amide bonds. The summed E-state index contributed by atoms with van der Waals surface area (Å²) in [6.45, 7) is 21.8. The van der Waals surface area contributed by atoms with E-state index in [0.717, 1.165) is 99.7 Å². The minimum atomic E-state index is 0.718. The molecule has 0 saturated carbocycles. The van der Waals surface area contributed by atoms with Gasteiger partial charge in [-0.1, -0.05) is 24.3 Å². The van der Waals surface area contributed by atoms with Crippen molar-refractivity contribution in [3.63, 3.8) is 0 Å². The highest BCUT2D eigenvalue weighted by Gasteiger charge is 2.15. The molecule has 0 aromatic rings. The summed E-state index contributed by atoms with van der Waals surface area (Å²) in [6.07, 6.45) is 2.21. The third-order valence-corrected chi connectivity index (χ3v) is 5.02. The molecule has 28 heavy (non-hydrogen) atoms. The number of nitrogens with zero attached hydrogens (tertiary/aromatic N) is 2. The Labute approximate surface area is 182 Å². The second kappa shape index (κ2) is 14.7. The Morgan fingerprint density at radius 3 is 1.39 bits per heavy atom. The van der Waals surface area contributed by atoms with Crippen LogP contribution >= 0.6 is 24.4 Å². The lowest BCUT2D eigenvalue weighted by Gasteiger charge is -2.34. The van der Waals surface area contributed by atoms with Crippen LogP contribution in [-0.4, -0.2) is 85.5 Å². The Kier molecular flexibility index (Phi) is 13.1. The molecule has 1 rings (SSSR count). The summed E-state index contributed by atoms with van der Waals surface area (Å²) in [7, 11) is 0. The predicted octanol–water partition coefficient (Wildman–Crippen LogP) is 1.46. The van der Waals surface area contributed by atoms with Gasteiger partial charge in [0.25, 0.3) is 0 Å². The third kappa shape index (κ3) is 13.0. The van der Waals surface area contributed by atoms with Gasteiger partial charge < -0.3 is 31.1 Å². The fraction of sp³-hybridized carbons (Fsp3) is 0.700. The predicted molar refractivity (Wildman–Crippen MR) is 129 cm³/mol. The van der Waals surface area contributed by atoms with E-state index in [1.807, 2.05) is 13.8 Å². The van der Waals surface area contributed by atoms with Crippen molar-refractivity contribution < 1.29 is 0 Å². The van der Waals surface area contributed by atoms with E-state index in [9.17, 15) is 0 Å². The highest BCUT2D eigenvalue weighted by atomic mass is 32.1. The molecule has 160 valence electrons. The standard InChI is InChI=1S/C20H38N6S2/c1-17(2)15-23-19(27)21-7-5-9-25-11-13-26(14-12-25)10-6-8-22-20(28)24-16-18(3)4/h1,3,5-16H2,2,4H3,(H2,21,23,27)(H2,22,24,28). The van der Waals surface area contributed by atoms with Gasteiger partial charge in [-0.15, -0.1) is 0 Å². The zero-order valence-corrected chi connectivity index (χ0v) is 19.2. The molecule has 6 nitrogen and oxygen atoms in total. The van der Waals surface area contributed by atoms with E-state index in [1.54, 1.807) is 0 Å². The maximum Gasteiger partial charge on any atom is 0.166 e. The van der Waals surface area contributed by atoms with Crippen molar-refractivity contribution in [3.8, 4) is 0 Å². The molecule has 0 aromatic carbocycles. The molecule has 1 saturated heterocycles. The number of piperazine rings is 1. The van der Waals surface area contributed by atoms with E-state index in [4.69, 9.17) is 24.4 Å². The van der Waals surface area contributed by atoms with Crippen LogP contribution in [0.1, 0.15) is 26.7 Å². The van der Waals surface area contributed by atoms with Gasteiger partial charge in [-0.2, -0.15) is 0 Å². The summed E-state index contributed by atoms with van der Waals surface area (Å²) in [5.41, 5.74) is 2.17. The van der Waals surface area contributed by atoms with Crippen LogP contribution in [0.15, 0.2) is 24.3 Å². The first-order valence-electron chi connectivity index (χ1n) is 10.1. The molecule has 0 radical (unpaired) electrons. The van der Waals surface area contributed by atoms with Crippen molar-refractivity contribution in [2.24, 2.45) is 0 Å². The smallest absolute Gasteiger partial charge is 0.166 e. The first-order valence-corrected chi connectivity index (χ1v) is 11.0. The molecule has 0 spiro atoms. The van der Waals surface area contributed by atoms with E-state index in [2.05, 4.69) is 44.2 Å². The molecule has 0 aliphatic carbocycles. The van der Waals surface area contributed by atoms with Gasteiger partial charge in [-0.3, -0.25) is 0 Å². The lowest BCUT2D eigenvalue weighted by molar-refractivity contribution is 0.131. The number of hydrogen-bond donors (Lipinski definition) is 4. The Morgan fingerprint density at radius 2 is 1.07 bits per heavy atom. The summed E-state index contributed by atoms with van der Waals surface area (Å²) >= 11 is 10.5. The molecule has 1 fully saturated rings. The Balaban J connectivity index is 1.99. The molecule has 1 aliphatic heterocycles. The number of rotatable bonds is 12. The Bertz CT molecular complexity index is 469. The van der Waals surface area contributed by atoms with Crippen LogP contribution < -0.4 is 21.3 Å². The van der Waals surface area contributed by atoms with Gasteiger partial charge in [0.05, 0.1) is 0 Å². The van der Waals surface area contributed by atoms with E-state index >= 15 is 0 Å². The van der Waals surface area contributed by atoms with Gasteiger partial charge >= 0.3 is 0 Å². The monoisotopic (exact) mass is 426 g/mol. The van der Waals surface area contributed by atoms with E-state index in [0.29, 0.717) is 0 Å². The average Bonchev–Trinajstić information content (AvgIpc) is 2.66. The number of hydrogen-bond acceptors (Lipinski definition) is 4. The van der Waals surface area contributed by atoms with E-state index in [1.165, 1.54) is 0 Å². The van der Waals surface area contributed by atoms with Crippen LogP contribution in [0.3, 0.4) is 0 Å². The van der Waals surface area contributed by atoms with Crippen molar-refractivity contribution in [1.82, 2.24) is 31.1 Å². The summed E-state index contributed by atoms with van der Waals surface area (Å²) in [6, 6.07) is 0. The molecule has 1 aliphatic rings. The Hall–Kier alpha value is -1.22. The number of nitrogens with one attached hydrogen (secondary N) is 4. The first kappa shape index (κ1) is 24.8. The lowest BCUT2D eigenvalue weighted by atomic mass is 10.2. The fourth-order valence-corrected chi connectivity index (χ4v) is 3.18. The van der Waals surface area contributed by atoms with Crippen molar-refractivity contribution in [2.45, 2.75) is 26.7 Å². The Morgan fingerprint density at radius 1 is 0.714 bits per heavy atom. The SMILES string of the molecule is C=C(C)CNC(=S)NCCCN1CCN(CCCNC(=S)NCC(=C)C)CC1. The third-order valence-electron chi connectivity index (χ3n) is 4.44. The normalized spacial score (nSPS) is 14.9. The van der Waals surface area contributed by atoms with Crippen molar-refractivity contribution >= 4 is 34.7 Å². The van der Waals surface area contributed by atoms with Crippen LogP contribution in [0.25, 0.3) is 0 Å². The average molecular weight is 427 g/mol. The molecule has 0 unspecified atom stereocenters. The number of thiocarbonyl (C=S) groups is 2. The molecular weight excluding hydrogens is 388 g/mol. The molecule has 0 bridgehead atoms. The topological polar surface area (TPSA) is 54.6 Å². The zero-order chi connectivity index (χ0) is 20.8. The van der Waals surface area contributed by atoms with E-state index in [-0.39, 0.29) is 0 Å². The van der Waals surface area contributed by atoms with Gasteiger partial charge in [0.15, 0.2) is 10.2 Å². The van der Waals surface area contributed by atoms with Gasteiger partial charge in [-0.25, -0.2) is 0 Å². The van der Waals surface area contributed by atoms with Gasteiger partial charge in [0, 0.05) is 52.4 Å². The summed E-state index contributed by atoms with van der Waals surface area (Å²) in [5.74, 6) is 0. The van der Waals surface area contributed by atoms with Crippen LogP contribution in [-0.2, 0) is 0 Å². The zero-order valence-electron chi connectivity index (χ0n) is 17.6. The second-order valence-corrected chi connectivity index (χ2v) is 8.34. The summed E-state index contributed by atoms with van der Waals surface area (Å²) in [4.78, 5) is 5.08. The summed E-state index contributed by atoms with van der Waals surface area (Å²) in [5, 5.41) is 14.3. The molecule has 1 heterocycles. The minimum Gasteiger partial charge on any atom is -0.363 e. The lowest BCUT2D eigenvalue weighted by Crippen LogP contribution is -2.47. The quantitative estimate of drug-likeness (QED) is 0.213. The first-order chi connectivity index (χ1) is 13.4. The van der Waals surface area contributed by atoms with Crippen LogP contribution in [0.4, 0.5) is 0 Å². The van der Waals surface area contributed by atoms with Crippen molar-refractivity contribution in [3.05, 3.63) is 24.3 Å². The largest absolute Gasteiger partial charge is 0.363 e. The fourth-order valence-electron chi connectivity index (χ4n) is 2.83. The maximum absolute atomic E-state index is 5.25. The van der Waals surface area contributed by atoms with Crippen LogP contribution in [0.5, 0.6) is 0 Å². The molecule has 8 heteroatoms. The maximum atomic E-state index is 5.25. The minimum absolute atomic E-state index is 0.718.